The summed E-state index contributed by atoms with van der Waals surface area (Å²) >= 11 is 4.86. The van der Waals surface area contributed by atoms with Crippen LogP contribution in [0.3, 0.4) is 0 Å². The molecule has 6 heteroatoms. The monoisotopic (exact) mass is 883 g/mol. The molecule has 5 aromatic carbocycles. The van der Waals surface area contributed by atoms with E-state index in [-0.39, 0.29) is 56.9 Å². The summed E-state index contributed by atoms with van der Waals surface area (Å²) in [4.78, 5) is 2.34. The van der Waals surface area contributed by atoms with Crippen molar-refractivity contribution in [1.82, 2.24) is 0 Å². The number of fused-ring (bicyclic) bond motifs is 3. The Balaban J connectivity index is 0.000000190. The van der Waals surface area contributed by atoms with Gasteiger partial charge in [-0.1, -0.05) is 102 Å². The quantitative estimate of drug-likeness (QED) is 0.189. The number of hydrogen-bond acceptors (Lipinski definition) is 1. The summed E-state index contributed by atoms with van der Waals surface area (Å²) in [5.41, 5.74) is 11.6. The first-order valence-corrected chi connectivity index (χ1v) is 15.1. The third-order valence-corrected chi connectivity index (χ3v) is 9.43. The fraction of sp³-hybridized carbons (Fsp3) is 0.0556. The molecular weight excluding hydrogens is 862 g/mol. The van der Waals surface area contributed by atoms with E-state index in [4.69, 9.17) is 0 Å². The predicted molar refractivity (Wildman–Crippen MR) is 179 cm³/mol. The molecule has 2 aliphatic heterocycles. The Morgan fingerprint density at radius 3 is 1.81 bits per heavy atom. The first kappa shape index (κ1) is 33.2. The van der Waals surface area contributed by atoms with Crippen molar-refractivity contribution in [1.29, 1.82) is 0 Å². The van der Waals surface area contributed by atoms with Gasteiger partial charge in [0.15, 0.2) is 0 Å². The summed E-state index contributed by atoms with van der Waals surface area (Å²) in [5.74, 6) is 0.561. The minimum atomic E-state index is 0. The van der Waals surface area contributed by atoms with Crippen LogP contribution in [-0.2, 0) is 26.2 Å². The maximum Gasteiger partial charge on any atom is 4.00 e. The van der Waals surface area contributed by atoms with Crippen LogP contribution >= 0.6 is 45.2 Å². The van der Waals surface area contributed by atoms with Gasteiger partial charge in [0, 0.05) is 11.4 Å². The molecule has 42 heavy (non-hydrogen) atoms. The molecule has 204 valence electrons. The molecule has 0 amide bonds. The molecule has 0 saturated carbocycles. The number of halogens is 4. The van der Waals surface area contributed by atoms with Crippen LogP contribution in [0.5, 0.6) is 0 Å². The smallest absolute Gasteiger partial charge is 1.00 e. The second kappa shape index (κ2) is 14.4. The number of allylic oxidation sites excluding steroid dienone is 2. The van der Waals surface area contributed by atoms with E-state index in [1.54, 1.807) is 0 Å². The van der Waals surface area contributed by atoms with Crippen molar-refractivity contribution >= 4 is 74.4 Å². The van der Waals surface area contributed by atoms with E-state index in [0.29, 0.717) is 5.92 Å². The van der Waals surface area contributed by atoms with Crippen molar-refractivity contribution in [3.8, 4) is 0 Å². The van der Waals surface area contributed by atoms with Crippen molar-refractivity contribution in [2.24, 2.45) is 0 Å². The molecule has 5 aromatic rings. The Morgan fingerprint density at radius 1 is 0.524 bits per heavy atom. The van der Waals surface area contributed by atoms with Crippen molar-refractivity contribution in [3.63, 3.8) is 0 Å². The molecule has 4 aliphatic rings. The van der Waals surface area contributed by atoms with Gasteiger partial charge in [0.1, 0.15) is 0 Å². The van der Waals surface area contributed by atoms with Crippen LogP contribution in [0.25, 0.3) is 12.2 Å². The molecule has 0 fully saturated rings. The molecule has 2 heterocycles. The van der Waals surface area contributed by atoms with E-state index in [1.807, 2.05) is 0 Å². The van der Waals surface area contributed by atoms with Gasteiger partial charge >= 0.3 is 26.2 Å². The molecule has 0 N–H and O–H groups in total. The van der Waals surface area contributed by atoms with Crippen molar-refractivity contribution in [2.45, 2.75) is 11.8 Å². The molecule has 2 unspecified atom stereocenters. The molecule has 0 saturated heterocycles. The van der Waals surface area contributed by atoms with Crippen molar-refractivity contribution < 1.29 is 51.0 Å². The molecule has 0 aromatic heterocycles. The van der Waals surface area contributed by atoms with Crippen LogP contribution in [0, 0.1) is 19.3 Å². The summed E-state index contributed by atoms with van der Waals surface area (Å²) < 4.78 is 2.63. The Kier molecular flexibility index (Phi) is 11.4. The molecule has 2 aliphatic carbocycles. The molecule has 1 nitrogen and oxygen atoms in total. The second-order valence-electron chi connectivity index (χ2n) is 9.80. The van der Waals surface area contributed by atoms with Crippen LogP contribution < -0.4 is 29.7 Å². The fourth-order valence-corrected chi connectivity index (χ4v) is 7.33. The number of hydrogen-bond donors (Lipinski definition) is 0. The summed E-state index contributed by atoms with van der Waals surface area (Å²) in [6.07, 6.45) is 11.3. The van der Waals surface area contributed by atoms with Crippen LogP contribution in [0.15, 0.2) is 115 Å². The normalized spacial score (nSPS) is 16.0. The molecule has 0 radical (unpaired) electrons. The van der Waals surface area contributed by atoms with E-state index in [1.165, 1.54) is 57.6 Å². The van der Waals surface area contributed by atoms with Crippen LogP contribution in [0.4, 0.5) is 17.1 Å². The van der Waals surface area contributed by atoms with E-state index < -0.39 is 0 Å². The topological polar surface area (TPSA) is 3.24 Å². The summed E-state index contributed by atoms with van der Waals surface area (Å²) in [7, 11) is 0. The zero-order chi connectivity index (χ0) is 26.3. The van der Waals surface area contributed by atoms with Gasteiger partial charge in [-0.15, -0.1) is 22.8 Å². The van der Waals surface area contributed by atoms with E-state index in [9.17, 15) is 0 Å². The summed E-state index contributed by atoms with van der Waals surface area (Å²) in [6.45, 7) is 0. The van der Waals surface area contributed by atoms with Gasteiger partial charge < -0.3 is 29.7 Å². The third-order valence-electron chi connectivity index (χ3n) is 7.55. The van der Waals surface area contributed by atoms with Crippen molar-refractivity contribution in [2.75, 3.05) is 4.90 Å². The van der Waals surface area contributed by atoms with Gasteiger partial charge in [0.25, 0.3) is 0 Å². The first-order valence-electron chi connectivity index (χ1n) is 13.0. The van der Waals surface area contributed by atoms with E-state index >= 15 is 0 Å². The summed E-state index contributed by atoms with van der Waals surface area (Å²) in [6, 6.07) is 40.9. The van der Waals surface area contributed by atoms with Gasteiger partial charge in [0.05, 0.1) is 0 Å². The number of para-hydroxylation sites is 1. The van der Waals surface area contributed by atoms with Gasteiger partial charge in [0.2, 0.25) is 0 Å². The second-order valence-corrected chi connectivity index (χ2v) is 12.1. The molecular formula is C36H23Cl2I2NZr. The molecule has 6 bridgehead atoms. The molecule has 0 spiro atoms. The van der Waals surface area contributed by atoms with E-state index in [0.717, 1.165) is 0 Å². The first-order chi connectivity index (χ1) is 19.2. The van der Waals surface area contributed by atoms with Crippen LogP contribution in [-0.4, -0.2) is 0 Å². The maximum atomic E-state index is 3.56. The Bertz CT molecular complexity index is 1740. The van der Waals surface area contributed by atoms with E-state index in [2.05, 4.69) is 190 Å². The SMILES string of the molecule is Ic1ccc2c3c1C([C-]=C3)c1ccc(cc1)N2c1ccccc1.Ic1cccc2c1C(c1ccccc1)[C-]=C2.[Cl-].[Cl-].[Zr+4]. The van der Waals surface area contributed by atoms with Gasteiger partial charge in [-0.3, -0.25) is 12.2 Å². The third kappa shape index (κ3) is 6.12. The zero-order valence-electron chi connectivity index (χ0n) is 22.2. The number of rotatable bonds is 2. The fourth-order valence-electron chi connectivity index (χ4n) is 5.72. The molecule has 2 atom stereocenters. The Hall–Kier alpha value is -1.70. The number of nitrogens with zero attached hydrogens (tertiary/aromatic N) is 1. The number of anilines is 3. The average Bonchev–Trinajstić information content (AvgIpc) is 3.64. The number of benzene rings is 5. The predicted octanol–water partition coefficient (Wildman–Crippen LogP) is 4.29. The van der Waals surface area contributed by atoms with Gasteiger partial charge in [-0.2, -0.15) is 5.56 Å². The minimum Gasteiger partial charge on any atom is -1.00 e. The van der Waals surface area contributed by atoms with Crippen LogP contribution in [0.2, 0.25) is 0 Å². The van der Waals surface area contributed by atoms with Gasteiger partial charge in [-0.05, 0) is 88.3 Å². The zero-order valence-corrected chi connectivity index (χ0v) is 30.5. The largest absolute Gasteiger partial charge is 4.00 e. The maximum absolute atomic E-state index is 3.56. The Labute approximate surface area is 306 Å². The molecule has 9 rings (SSSR count). The minimum absolute atomic E-state index is 0. The standard InChI is InChI=1S/C21H13IN.C15H10I.2ClH.Zr/c22-19-12-13-20-18-11-10-17(21(18)19)14-6-8-16(9-7-14)23(20)15-4-2-1-3-5-15;16-14-8-4-7-12-9-10-13(15(12)14)11-5-2-1-3-6-11;;;/h1-9,11-13,17H;1-9,13H;2*1H;/q2*-1;;;+4/p-2. The Morgan fingerprint density at radius 2 is 1.10 bits per heavy atom. The summed E-state index contributed by atoms with van der Waals surface area (Å²) in [5, 5.41) is 0. The van der Waals surface area contributed by atoms with Crippen LogP contribution in [0.1, 0.15) is 45.2 Å². The van der Waals surface area contributed by atoms with Crippen molar-refractivity contribution in [3.05, 3.63) is 168 Å². The van der Waals surface area contributed by atoms with Gasteiger partial charge in [-0.25, -0.2) is 12.2 Å². The average molecular weight is 886 g/mol.